The van der Waals surface area contributed by atoms with Crippen molar-refractivity contribution in [1.82, 2.24) is 4.90 Å². The van der Waals surface area contributed by atoms with E-state index in [1.54, 1.807) is 7.11 Å². The predicted molar refractivity (Wildman–Crippen MR) is 80.7 cm³/mol. The lowest BCUT2D eigenvalue weighted by molar-refractivity contribution is -0.140. The van der Waals surface area contributed by atoms with Gasteiger partial charge in [0.1, 0.15) is 0 Å². The maximum atomic E-state index is 12.2. The standard InChI is InChI=1S/C15H20BrNO3/c1-19-11-14-10-17(8-9-20-14)15(18)7-4-12-2-5-13(16)6-3-12/h2-3,5-6,14H,4,7-11H2,1H3. The Morgan fingerprint density at radius 2 is 2.20 bits per heavy atom. The highest BCUT2D eigenvalue weighted by Gasteiger charge is 2.23. The third-order valence-electron chi connectivity index (χ3n) is 3.38. The molecule has 1 aromatic carbocycles. The summed E-state index contributed by atoms with van der Waals surface area (Å²) in [6.45, 7) is 2.45. The Bertz CT molecular complexity index is 433. The van der Waals surface area contributed by atoms with Crippen LogP contribution in [0.5, 0.6) is 0 Å². The molecule has 2 rings (SSSR count). The average Bonchev–Trinajstić information content (AvgIpc) is 2.47. The highest BCUT2D eigenvalue weighted by atomic mass is 79.9. The van der Waals surface area contributed by atoms with E-state index in [9.17, 15) is 4.79 Å². The Kier molecular flexibility index (Phi) is 6.01. The van der Waals surface area contributed by atoms with Crippen LogP contribution in [0.1, 0.15) is 12.0 Å². The summed E-state index contributed by atoms with van der Waals surface area (Å²) in [6, 6.07) is 8.10. The molecule has 0 saturated carbocycles. The van der Waals surface area contributed by atoms with Crippen LogP contribution in [-0.2, 0) is 20.7 Å². The molecule has 1 atom stereocenters. The first-order valence-electron chi connectivity index (χ1n) is 6.82. The minimum atomic E-state index is 0.00498. The van der Waals surface area contributed by atoms with Gasteiger partial charge in [0.05, 0.1) is 19.3 Å². The van der Waals surface area contributed by atoms with Crippen LogP contribution in [0.4, 0.5) is 0 Å². The van der Waals surface area contributed by atoms with Gasteiger partial charge in [-0.05, 0) is 24.1 Å². The topological polar surface area (TPSA) is 38.8 Å². The molecule has 5 heteroatoms. The van der Waals surface area contributed by atoms with Crippen LogP contribution in [0.2, 0.25) is 0 Å². The first kappa shape index (κ1) is 15.5. The van der Waals surface area contributed by atoms with Crippen molar-refractivity contribution in [3.8, 4) is 0 Å². The van der Waals surface area contributed by atoms with Gasteiger partial charge in [-0.15, -0.1) is 0 Å². The predicted octanol–water partition coefficient (Wildman–Crippen LogP) is 2.26. The number of hydrogen-bond acceptors (Lipinski definition) is 3. The number of benzene rings is 1. The lowest BCUT2D eigenvalue weighted by Gasteiger charge is -2.32. The SMILES string of the molecule is COCC1CN(C(=O)CCc2ccc(Br)cc2)CCO1. The lowest BCUT2D eigenvalue weighted by atomic mass is 10.1. The summed E-state index contributed by atoms with van der Waals surface area (Å²) in [6.07, 6.45) is 1.32. The Labute approximate surface area is 128 Å². The number of halogens is 1. The molecule has 4 nitrogen and oxygen atoms in total. The summed E-state index contributed by atoms with van der Waals surface area (Å²) in [5.41, 5.74) is 1.18. The van der Waals surface area contributed by atoms with Gasteiger partial charge in [0.25, 0.3) is 0 Å². The molecule has 0 aromatic heterocycles. The molecule has 0 radical (unpaired) electrons. The summed E-state index contributed by atoms with van der Waals surface area (Å²) < 4.78 is 11.7. The molecule has 1 unspecified atom stereocenters. The first-order valence-corrected chi connectivity index (χ1v) is 7.61. The Morgan fingerprint density at radius 1 is 1.45 bits per heavy atom. The normalized spacial score (nSPS) is 19.1. The van der Waals surface area contributed by atoms with Gasteiger partial charge in [-0.1, -0.05) is 28.1 Å². The number of carbonyl (C=O) groups excluding carboxylic acids is 1. The van der Waals surface area contributed by atoms with Crippen molar-refractivity contribution in [3.63, 3.8) is 0 Å². The molecule has 1 fully saturated rings. The van der Waals surface area contributed by atoms with Crippen LogP contribution in [-0.4, -0.2) is 50.3 Å². The van der Waals surface area contributed by atoms with Crippen molar-refractivity contribution in [3.05, 3.63) is 34.3 Å². The van der Waals surface area contributed by atoms with E-state index in [1.807, 2.05) is 29.2 Å². The van der Waals surface area contributed by atoms with E-state index in [1.165, 1.54) is 5.56 Å². The van der Waals surface area contributed by atoms with E-state index < -0.39 is 0 Å². The number of methoxy groups -OCH3 is 1. The number of aryl methyl sites for hydroxylation is 1. The highest BCUT2D eigenvalue weighted by molar-refractivity contribution is 9.10. The van der Waals surface area contributed by atoms with Crippen molar-refractivity contribution >= 4 is 21.8 Å². The zero-order chi connectivity index (χ0) is 14.4. The molecule has 1 saturated heterocycles. The maximum absolute atomic E-state index is 12.2. The molecular formula is C15H20BrNO3. The molecule has 1 amide bonds. The number of rotatable bonds is 5. The van der Waals surface area contributed by atoms with Crippen LogP contribution in [0.3, 0.4) is 0 Å². The van der Waals surface area contributed by atoms with Gasteiger partial charge in [0.15, 0.2) is 0 Å². The quantitative estimate of drug-likeness (QED) is 0.824. The number of carbonyl (C=O) groups is 1. The second-order valence-corrected chi connectivity index (χ2v) is 5.83. The monoisotopic (exact) mass is 341 g/mol. The van der Waals surface area contributed by atoms with Crippen LogP contribution in [0, 0.1) is 0 Å². The highest BCUT2D eigenvalue weighted by Crippen LogP contribution is 2.13. The molecule has 0 N–H and O–H groups in total. The van der Waals surface area contributed by atoms with Gasteiger partial charge in [-0.3, -0.25) is 4.79 Å². The number of nitrogens with zero attached hydrogens (tertiary/aromatic N) is 1. The van der Waals surface area contributed by atoms with Gasteiger partial charge < -0.3 is 14.4 Å². The third-order valence-corrected chi connectivity index (χ3v) is 3.91. The summed E-state index contributed by atoms with van der Waals surface area (Å²) in [5.74, 6) is 0.192. The van der Waals surface area contributed by atoms with E-state index in [4.69, 9.17) is 9.47 Å². The summed E-state index contributed by atoms with van der Waals surface area (Å²) in [4.78, 5) is 14.1. The third kappa shape index (κ3) is 4.58. The molecular weight excluding hydrogens is 322 g/mol. The first-order chi connectivity index (χ1) is 9.69. The summed E-state index contributed by atoms with van der Waals surface area (Å²) in [7, 11) is 1.65. The van der Waals surface area contributed by atoms with E-state index in [2.05, 4.69) is 15.9 Å². The summed E-state index contributed by atoms with van der Waals surface area (Å²) in [5, 5.41) is 0. The number of amides is 1. The van der Waals surface area contributed by atoms with Crippen molar-refractivity contribution in [2.24, 2.45) is 0 Å². The second-order valence-electron chi connectivity index (χ2n) is 4.91. The second kappa shape index (κ2) is 7.76. The van der Waals surface area contributed by atoms with Crippen LogP contribution in [0.15, 0.2) is 28.7 Å². The number of ether oxygens (including phenoxy) is 2. The van der Waals surface area contributed by atoms with Gasteiger partial charge in [-0.2, -0.15) is 0 Å². The smallest absolute Gasteiger partial charge is 0.223 e. The number of hydrogen-bond donors (Lipinski definition) is 0. The molecule has 1 heterocycles. The lowest BCUT2D eigenvalue weighted by Crippen LogP contribution is -2.47. The minimum Gasteiger partial charge on any atom is -0.382 e. The van der Waals surface area contributed by atoms with E-state index in [0.29, 0.717) is 32.7 Å². The maximum Gasteiger partial charge on any atom is 0.223 e. The van der Waals surface area contributed by atoms with Crippen LogP contribution < -0.4 is 0 Å². The molecule has 110 valence electrons. The fourth-order valence-electron chi connectivity index (χ4n) is 2.29. The number of morpholine rings is 1. The summed E-state index contributed by atoms with van der Waals surface area (Å²) >= 11 is 3.41. The molecule has 1 aliphatic heterocycles. The van der Waals surface area contributed by atoms with Crippen LogP contribution in [0.25, 0.3) is 0 Å². The average molecular weight is 342 g/mol. The van der Waals surface area contributed by atoms with Gasteiger partial charge in [0.2, 0.25) is 5.91 Å². The van der Waals surface area contributed by atoms with Crippen molar-refractivity contribution in [2.45, 2.75) is 18.9 Å². The van der Waals surface area contributed by atoms with Crippen molar-refractivity contribution < 1.29 is 14.3 Å². The molecule has 0 bridgehead atoms. The molecule has 1 aromatic rings. The van der Waals surface area contributed by atoms with Crippen LogP contribution >= 0.6 is 15.9 Å². The van der Waals surface area contributed by atoms with Gasteiger partial charge in [0, 0.05) is 31.1 Å². The largest absolute Gasteiger partial charge is 0.382 e. The fraction of sp³-hybridized carbons (Fsp3) is 0.533. The van der Waals surface area contributed by atoms with Gasteiger partial charge in [-0.25, -0.2) is 0 Å². The molecule has 0 aliphatic carbocycles. The Balaban J connectivity index is 1.80. The fourth-order valence-corrected chi connectivity index (χ4v) is 2.56. The zero-order valence-electron chi connectivity index (χ0n) is 11.7. The molecule has 1 aliphatic rings. The van der Waals surface area contributed by atoms with E-state index >= 15 is 0 Å². The molecule has 0 spiro atoms. The van der Waals surface area contributed by atoms with E-state index in [-0.39, 0.29) is 12.0 Å². The van der Waals surface area contributed by atoms with Crippen molar-refractivity contribution in [1.29, 1.82) is 0 Å². The molecule has 20 heavy (non-hydrogen) atoms. The van der Waals surface area contributed by atoms with E-state index in [0.717, 1.165) is 10.9 Å². The Morgan fingerprint density at radius 3 is 2.90 bits per heavy atom. The minimum absolute atomic E-state index is 0.00498. The van der Waals surface area contributed by atoms with Gasteiger partial charge >= 0.3 is 0 Å². The van der Waals surface area contributed by atoms with Crippen molar-refractivity contribution in [2.75, 3.05) is 33.4 Å². The zero-order valence-corrected chi connectivity index (χ0v) is 13.3. The Hall–Kier alpha value is -0.910.